The van der Waals surface area contributed by atoms with E-state index in [9.17, 15) is 34.2 Å². The molecule has 0 atom stereocenters. The van der Waals surface area contributed by atoms with Crippen LogP contribution >= 0.6 is 0 Å². The van der Waals surface area contributed by atoms with Crippen LogP contribution in [0.4, 0.5) is 13.2 Å². The topological polar surface area (TPSA) is 105 Å². The molecule has 9 rings (SSSR count). The van der Waals surface area contributed by atoms with Gasteiger partial charge in [-0.3, -0.25) is 0 Å². The van der Waals surface area contributed by atoms with Gasteiger partial charge in [0.2, 0.25) is 0 Å². The van der Waals surface area contributed by atoms with Gasteiger partial charge in [-0.25, -0.2) is 0 Å². The molecule has 0 saturated heterocycles. The van der Waals surface area contributed by atoms with Gasteiger partial charge in [-0.05, 0) is 102 Å². The van der Waals surface area contributed by atoms with Crippen LogP contribution in [0, 0.1) is 45.3 Å². The summed E-state index contributed by atoms with van der Waals surface area (Å²) in [6.07, 6.45) is -4.63. The highest BCUT2D eigenvalue weighted by Gasteiger charge is 2.31. The zero-order valence-corrected chi connectivity index (χ0v) is 29.1. The van der Waals surface area contributed by atoms with E-state index in [4.69, 9.17) is 0 Å². The van der Waals surface area contributed by atoms with Crippen LogP contribution in [0.1, 0.15) is 27.8 Å². The molecule has 0 amide bonds. The van der Waals surface area contributed by atoms with Gasteiger partial charge in [-0.2, -0.15) is 34.2 Å². The minimum absolute atomic E-state index is 0.143. The number of nitriles is 4. The van der Waals surface area contributed by atoms with E-state index in [0.717, 1.165) is 61.4 Å². The van der Waals surface area contributed by atoms with E-state index < -0.39 is 11.7 Å². The molecule has 2 aromatic heterocycles. The second kappa shape index (κ2) is 12.8. The monoisotopic (exact) mass is 728 g/mol. The predicted octanol–water partition coefficient (Wildman–Crippen LogP) is 11.7. The molecule has 0 saturated carbocycles. The smallest absolute Gasteiger partial charge is 0.309 e. The Kier molecular flexibility index (Phi) is 7.69. The highest BCUT2D eigenvalue weighted by atomic mass is 19.4. The third-order valence-electron chi connectivity index (χ3n) is 10.3. The third kappa shape index (κ3) is 5.24. The van der Waals surface area contributed by atoms with Crippen molar-refractivity contribution >= 4 is 43.6 Å². The molecular formula is C47H23F3N6. The van der Waals surface area contributed by atoms with Gasteiger partial charge in [-0.1, -0.05) is 48.5 Å². The quantitative estimate of drug-likeness (QED) is 0.180. The van der Waals surface area contributed by atoms with E-state index in [0.29, 0.717) is 44.6 Å². The molecule has 0 N–H and O–H groups in total. The summed E-state index contributed by atoms with van der Waals surface area (Å²) in [6, 6.07) is 49.5. The molecule has 0 aliphatic rings. The fraction of sp³-hybridized carbons (Fsp3) is 0.0213. The Morgan fingerprint density at radius 1 is 0.429 bits per heavy atom. The van der Waals surface area contributed by atoms with Gasteiger partial charge in [0.1, 0.15) is 0 Å². The molecule has 0 aliphatic heterocycles. The first-order chi connectivity index (χ1) is 27.2. The lowest BCUT2D eigenvalue weighted by atomic mass is 9.92. The number of hydrogen-bond donors (Lipinski definition) is 0. The van der Waals surface area contributed by atoms with E-state index in [-0.39, 0.29) is 5.56 Å². The molecule has 7 aromatic carbocycles. The Morgan fingerprint density at radius 3 is 1.62 bits per heavy atom. The van der Waals surface area contributed by atoms with Crippen molar-refractivity contribution in [3.05, 3.63) is 167 Å². The van der Waals surface area contributed by atoms with Gasteiger partial charge in [0.25, 0.3) is 0 Å². The van der Waals surface area contributed by atoms with Crippen LogP contribution in [0.3, 0.4) is 0 Å². The molecule has 0 radical (unpaired) electrons. The van der Waals surface area contributed by atoms with Crippen LogP contribution in [0.25, 0.3) is 77.2 Å². The molecule has 0 unspecified atom stereocenters. The van der Waals surface area contributed by atoms with E-state index in [1.54, 1.807) is 24.3 Å². The average Bonchev–Trinajstić information content (AvgIpc) is 3.74. The molecule has 9 aromatic rings. The van der Waals surface area contributed by atoms with Gasteiger partial charge in [0.05, 0.1) is 79.8 Å². The van der Waals surface area contributed by atoms with Gasteiger partial charge in [0, 0.05) is 38.4 Å². The zero-order chi connectivity index (χ0) is 38.7. The number of halogens is 3. The predicted molar refractivity (Wildman–Crippen MR) is 210 cm³/mol. The Balaban J connectivity index is 1.37. The van der Waals surface area contributed by atoms with Crippen molar-refractivity contribution in [3.8, 4) is 57.9 Å². The summed E-state index contributed by atoms with van der Waals surface area (Å²) >= 11 is 0. The number of fused-ring (bicyclic) bond motifs is 6. The molecule has 0 aliphatic carbocycles. The first-order valence-electron chi connectivity index (χ1n) is 17.4. The summed E-state index contributed by atoms with van der Waals surface area (Å²) < 4.78 is 45.3. The van der Waals surface area contributed by atoms with Crippen LogP contribution in [-0.2, 0) is 6.18 Å². The molecule has 6 nitrogen and oxygen atoms in total. The second-order valence-corrected chi connectivity index (χ2v) is 13.3. The summed E-state index contributed by atoms with van der Waals surface area (Å²) in [6.45, 7) is 0. The number of nitrogens with zero attached hydrogens (tertiary/aromatic N) is 6. The summed E-state index contributed by atoms with van der Waals surface area (Å²) in [5, 5.41) is 43.7. The molecule has 2 heterocycles. The maximum atomic E-state index is 13.7. The van der Waals surface area contributed by atoms with Crippen LogP contribution in [-0.4, -0.2) is 9.13 Å². The molecule has 0 spiro atoms. The van der Waals surface area contributed by atoms with Gasteiger partial charge < -0.3 is 9.13 Å². The van der Waals surface area contributed by atoms with E-state index in [2.05, 4.69) is 27.3 Å². The summed E-state index contributed by atoms with van der Waals surface area (Å²) in [4.78, 5) is 0. The Bertz CT molecular complexity index is 3300. The Labute approximate surface area is 317 Å². The maximum absolute atomic E-state index is 13.7. The molecule has 9 heteroatoms. The van der Waals surface area contributed by atoms with Crippen LogP contribution < -0.4 is 0 Å². The first-order valence-corrected chi connectivity index (χ1v) is 17.4. The summed E-state index contributed by atoms with van der Waals surface area (Å²) in [5.41, 5.74) is 7.01. The SMILES string of the molecule is N#Cc1ccc2c(c1)c1ccccc1n2-c1ccc(C#N)c(-c2cc(-c3ccc(C(F)(F)F)cc3C#N)ccc2-n2c3ccccc3c3cc(C#N)ccc32)c1. The lowest BCUT2D eigenvalue weighted by molar-refractivity contribution is -0.137. The van der Waals surface area contributed by atoms with Crippen molar-refractivity contribution in [2.45, 2.75) is 6.18 Å². The Morgan fingerprint density at radius 2 is 1.02 bits per heavy atom. The van der Waals surface area contributed by atoms with Crippen molar-refractivity contribution in [1.29, 1.82) is 21.0 Å². The van der Waals surface area contributed by atoms with Crippen molar-refractivity contribution in [1.82, 2.24) is 9.13 Å². The lowest BCUT2D eigenvalue weighted by Gasteiger charge is -2.19. The van der Waals surface area contributed by atoms with Crippen LogP contribution in [0.15, 0.2) is 140 Å². The number of aromatic nitrogens is 2. The number of hydrogen-bond acceptors (Lipinski definition) is 4. The van der Waals surface area contributed by atoms with E-state index in [1.807, 2.05) is 103 Å². The molecule has 0 bridgehead atoms. The largest absolute Gasteiger partial charge is 0.416 e. The van der Waals surface area contributed by atoms with Gasteiger partial charge in [0.15, 0.2) is 0 Å². The Hall–Kier alpha value is -8.11. The number of alkyl halides is 3. The number of para-hydroxylation sites is 2. The average molecular weight is 729 g/mol. The molecule has 0 fully saturated rings. The fourth-order valence-electron chi connectivity index (χ4n) is 7.79. The summed E-state index contributed by atoms with van der Waals surface area (Å²) in [7, 11) is 0. The van der Waals surface area contributed by atoms with Crippen molar-refractivity contribution in [2.75, 3.05) is 0 Å². The van der Waals surface area contributed by atoms with Crippen LogP contribution in [0.5, 0.6) is 0 Å². The van der Waals surface area contributed by atoms with Crippen molar-refractivity contribution < 1.29 is 13.2 Å². The molecule has 56 heavy (non-hydrogen) atoms. The zero-order valence-electron chi connectivity index (χ0n) is 29.1. The maximum Gasteiger partial charge on any atom is 0.416 e. The highest BCUT2D eigenvalue weighted by molar-refractivity contribution is 6.11. The van der Waals surface area contributed by atoms with E-state index in [1.165, 1.54) is 6.07 Å². The third-order valence-corrected chi connectivity index (χ3v) is 10.3. The first kappa shape index (κ1) is 33.7. The number of rotatable bonds is 4. The van der Waals surface area contributed by atoms with Gasteiger partial charge in [-0.15, -0.1) is 0 Å². The standard InChI is InChI=1S/C47H23F3N6/c48-47(49,50)33-13-15-35(32(21-33)27-54)30-12-18-46(56-43-8-4-2-6-37(43)40-20-29(25-52)10-17-45(40)56)41(22-30)38-23-34(14-11-31(38)26-53)55-42-7-3-1-5-36(42)39-19-28(24-51)9-16-44(39)55/h1-23H. The highest BCUT2D eigenvalue weighted by Crippen LogP contribution is 2.42. The molecular weight excluding hydrogens is 706 g/mol. The minimum Gasteiger partial charge on any atom is -0.309 e. The van der Waals surface area contributed by atoms with Crippen molar-refractivity contribution in [3.63, 3.8) is 0 Å². The lowest BCUT2D eigenvalue weighted by Crippen LogP contribution is -2.05. The number of benzene rings is 7. The molecule has 262 valence electrons. The van der Waals surface area contributed by atoms with Gasteiger partial charge >= 0.3 is 6.18 Å². The summed E-state index contributed by atoms with van der Waals surface area (Å²) in [5.74, 6) is 0. The fourth-order valence-corrected chi connectivity index (χ4v) is 7.79. The normalized spacial score (nSPS) is 11.4. The van der Waals surface area contributed by atoms with Crippen LogP contribution in [0.2, 0.25) is 0 Å². The second-order valence-electron chi connectivity index (χ2n) is 13.3. The minimum atomic E-state index is -4.63. The van der Waals surface area contributed by atoms with E-state index >= 15 is 0 Å². The van der Waals surface area contributed by atoms with Crippen molar-refractivity contribution in [2.24, 2.45) is 0 Å².